The third-order valence-electron chi connectivity index (χ3n) is 9.00. The van der Waals surface area contributed by atoms with Crippen LogP contribution in [0.5, 0.6) is 0 Å². The number of aliphatic hydroxyl groups excluding tert-OH is 1. The van der Waals surface area contributed by atoms with E-state index in [0.29, 0.717) is 12.0 Å². The molecule has 2 heterocycles. The molecule has 6 rings (SSSR count). The number of allylic oxidation sites excluding steroid dienone is 2. The van der Waals surface area contributed by atoms with Crippen molar-refractivity contribution < 1.29 is 35.8 Å². The molecule has 0 amide bonds. The van der Waals surface area contributed by atoms with Gasteiger partial charge in [0.2, 0.25) is 0 Å². The molecule has 1 radical (unpaired) electrons. The van der Waals surface area contributed by atoms with Gasteiger partial charge in [-0.3, -0.25) is 9.79 Å². The van der Waals surface area contributed by atoms with E-state index in [-0.39, 0.29) is 43.5 Å². The maximum absolute atomic E-state index is 11.7. The summed E-state index contributed by atoms with van der Waals surface area (Å²) in [5, 5.41) is 14.2. The minimum absolute atomic E-state index is 0. The second kappa shape index (κ2) is 15.4. The normalized spacial score (nSPS) is 13.0. The van der Waals surface area contributed by atoms with Crippen LogP contribution in [0.15, 0.2) is 81.9 Å². The topological polar surface area (TPSA) is 62.8 Å². The first-order valence-corrected chi connectivity index (χ1v) is 16.5. The van der Waals surface area contributed by atoms with Gasteiger partial charge < -0.3 is 9.52 Å². The summed E-state index contributed by atoms with van der Waals surface area (Å²) in [7, 11) is 0. The number of rotatable bonds is 10. The Balaban J connectivity index is 0.000000269. The van der Waals surface area contributed by atoms with Gasteiger partial charge in [0, 0.05) is 54.5 Å². The van der Waals surface area contributed by atoms with Crippen LogP contribution in [0, 0.1) is 30.7 Å². The molecule has 0 atom stereocenters. The van der Waals surface area contributed by atoms with Crippen LogP contribution in [0.1, 0.15) is 90.9 Å². The molecule has 0 saturated carbocycles. The molecular weight excluding hydrogens is 747 g/mol. The van der Waals surface area contributed by atoms with Crippen LogP contribution >= 0.6 is 0 Å². The number of aliphatic hydroxyl groups is 1. The molecule has 0 bridgehead atoms. The van der Waals surface area contributed by atoms with Gasteiger partial charge in [-0.15, -0.1) is 17.7 Å². The predicted molar refractivity (Wildman–Crippen MR) is 189 cm³/mol. The third-order valence-corrected chi connectivity index (χ3v) is 9.00. The van der Waals surface area contributed by atoms with Crippen LogP contribution < -0.4 is 0 Å². The zero-order chi connectivity index (χ0) is 33.1. The number of aryl methyl sites for hydroxylation is 1. The van der Waals surface area contributed by atoms with Crippen molar-refractivity contribution >= 4 is 49.9 Å². The van der Waals surface area contributed by atoms with E-state index < -0.39 is 0 Å². The zero-order valence-electron chi connectivity index (χ0n) is 29.1. The van der Waals surface area contributed by atoms with Crippen molar-refractivity contribution in [2.24, 2.45) is 22.7 Å². The number of carbonyl (C=O) groups is 1. The molecule has 1 aromatic heterocycles. The fourth-order valence-electron chi connectivity index (χ4n) is 6.48. The van der Waals surface area contributed by atoms with Gasteiger partial charge in [-0.05, 0) is 66.6 Å². The van der Waals surface area contributed by atoms with Crippen LogP contribution in [0.3, 0.4) is 0 Å². The molecule has 46 heavy (non-hydrogen) atoms. The van der Waals surface area contributed by atoms with E-state index in [0.717, 1.165) is 87.5 Å². The molecule has 0 spiro atoms. The van der Waals surface area contributed by atoms with Crippen LogP contribution in [0.4, 0.5) is 5.69 Å². The Morgan fingerprint density at radius 3 is 2.30 bits per heavy atom. The Morgan fingerprint density at radius 2 is 1.63 bits per heavy atom. The number of nitrogens with zero attached hydrogens (tertiary/aromatic N) is 1. The van der Waals surface area contributed by atoms with Gasteiger partial charge in [-0.1, -0.05) is 102 Å². The van der Waals surface area contributed by atoms with Gasteiger partial charge in [0.25, 0.3) is 0 Å². The van der Waals surface area contributed by atoms with Crippen molar-refractivity contribution in [2.75, 3.05) is 0 Å². The summed E-state index contributed by atoms with van der Waals surface area (Å²) in [4.78, 5) is 16.7. The Bertz CT molecular complexity index is 1960. The van der Waals surface area contributed by atoms with Crippen LogP contribution in [0.25, 0.3) is 32.7 Å². The molecule has 5 heteroatoms. The summed E-state index contributed by atoms with van der Waals surface area (Å²) in [5.74, 6) is 1.07. The molecule has 4 nitrogen and oxygen atoms in total. The number of benzene rings is 4. The SMILES string of the molecule is CCC(CC)C(=O)/C=C(\O)C(CC)CC.[2H]c1cc(CC(C)C)c2cccc3c2c1N=C3c1[c-]c(C)cc2c1oc1ccccc12.[Ir]. The molecule has 243 valence electrons. The van der Waals surface area contributed by atoms with Crippen LogP contribution in [0.2, 0.25) is 0 Å². The predicted octanol–water partition coefficient (Wildman–Crippen LogP) is 11.4. The quantitative estimate of drug-likeness (QED) is 0.0853. The summed E-state index contributed by atoms with van der Waals surface area (Å²) in [6, 6.07) is 22.6. The number of hydrogen-bond donors (Lipinski definition) is 1. The number of hydrogen-bond acceptors (Lipinski definition) is 4. The van der Waals surface area contributed by atoms with Crippen molar-refractivity contribution in [2.45, 2.75) is 80.6 Å². The van der Waals surface area contributed by atoms with Crippen LogP contribution in [-0.4, -0.2) is 16.6 Å². The van der Waals surface area contributed by atoms with Crippen molar-refractivity contribution in [3.8, 4) is 0 Å². The van der Waals surface area contributed by atoms with E-state index in [1.807, 2.05) is 52.0 Å². The number of para-hydroxylation sites is 1. The Morgan fingerprint density at radius 1 is 0.957 bits per heavy atom. The van der Waals surface area contributed by atoms with Gasteiger partial charge in [-0.25, -0.2) is 0 Å². The van der Waals surface area contributed by atoms with Crippen molar-refractivity contribution in [1.82, 2.24) is 0 Å². The van der Waals surface area contributed by atoms with E-state index in [1.54, 1.807) is 0 Å². The first-order valence-electron chi connectivity index (χ1n) is 17.0. The van der Waals surface area contributed by atoms with Gasteiger partial charge >= 0.3 is 0 Å². The minimum atomic E-state index is 0. The summed E-state index contributed by atoms with van der Waals surface area (Å²) < 4.78 is 15.0. The van der Waals surface area contributed by atoms with Gasteiger partial charge in [0.05, 0.1) is 18.4 Å². The number of aliphatic imine (C=N–C) groups is 1. The maximum Gasteiger partial charge on any atom is 0.162 e. The summed E-state index contributed by atoms with van der Waals surface area (Å²) >= 11 is 0. The molecular formula is C41H46IrNO3-. The van der Waals surface area contributed by atoms with Gasteiger partial charge in [-0.2, -0.15) is 0 Å². The average molecular weight is 794 g/mol. The van der Waals surface area contributed by atoms with Crippen molar-refractivity contribution in [3.05, 3.63) is 101 Å². The Kier molecular flexibility index (Phi) is 11.3. The minimum Gasteiger partial charge on any atom is -0.512 e. The second-order valence-electron chi connectivity index (χ2n) is 12.6. The third kappa shape index (κ3) is 7.06. The number of fused-ring (bicyclic) bond motifs is 3. The number of carbonyl (C=O) groups excluding carboxylic acids is 1. The smallest absolute Gasteiger partial charge is 0.162 e. The molecule has 4 aromatic carbocycles. The van der Waals surface area contributed by atoms with E-state index in [2.05, 4.69) is 57.2 Å². The molecule has 0 unspecified atom stereocenters. The first kappa shape index (κ1) is 33.8. The van der Waals surface area contributed by atoms with Gasteiger partial charge in [0.1, 0.15) is 5.58 Å². The summed E-state index contributed by atoms with van der Waals surface area (Å²) in [6.07, 6.45) is 5.86. The number of furan rings is 1. The first-order chi connectivity index (χ1) is 22.1. The maximum atomic E-state index is 11.7. The van der Waals surface area contributed by atoms with E-state index in [4.69, 9.17) is 10.8 Å². The largest absolute Gasteiger partial charge is 0.512 e. The second-order valence-corrected chi connectivity index (χ2v) is 12.6. The van der Waals surface area contributed by atoms with E-state index in [9.17, 15) is 9.90 Å². The molecule has 1 N–H and O–H groups in total. The Hall–Kier alpha value is -3.53. The number of ketones is 1. The molecule has 0 aliphatic carbocycles. The molecule has 1 aliphatic heterocycles. The molecule has 0 fully saturated rings. The summed E-state index contributed by atoms with van der Waals surface area (Å²) in [6.45, 7) is 14.6. The van der Waals surface area contributed by atoms with E-state index >= 15 is 0 Å². The molecule has 5 aromatic rings. The average Bonchev–Trinajstić information content (AvgIpc) is 3.60. The summed E-state index contributed by atoms with van der Waals surface area (Å²) in [5.41, 5.74) is 7.49. The van der Waals surface area contributed by atoms with Crippen LogP contribution in [-0.2, 0) is 31.3 Å². The monoisotopic (exact) mass is 794 g/mol. The van der Waals surface area contributed by atoms with Crippen molar-refractivity contribution in [1.29, 1.82) is 0 Å². The standard InChI is InChI=1S/C28H22NO.C13H24O2.Ir/c1-16(2)13-18-11-12-24-26-19(18)8-6-9-21(26)27(29-24)23-15-17(3)14-22-20-7-4-5-10-25(20)30-28(22)23;1-5-10(6-2)12(14)9-13(15)11(7-3)8-4;/h4-12,14,16H,13H2,1-3H3;9-11,14H,5-8H2,1-4H3;/q-1;;/b;12-9-;/i12D;;. The van der Waals surface area contributed by atoms with E-state index in [1.165, 1.54) is 17.0 Å². The fraction of sp³-hybridized carbons (Fsp3) is 0.366. The zero-order valence-corrected chi connectivity index (χ0v) is 30.5. The molecule has 1 aliphatic rings. The van der Waals surface area contributed by atoms with Crippen molar-refractivity contribution in [3.63, 3.8) is 0 Å². The Labute approximate surface area is 288 Å². The fourth-order valence-corrected chi connectivity index (χ4v) is 6.48. The van der Waals surface area contributed by atoms with Gasteiger partial charge in [0.15, 0.2) is 5.78 Å². The molecule has 0 saturated heterocycles.